The molecule has 28 heavy (non-hydrogen) atoms. The molecule has 0 bridgehead atoms. The molecule has 2 aliphatic heterocycles. The molecule has 150 valence electrons. The molecule has 0 radical (unpaired) electrons. The summed E-state index contributed by atoms with van der Waals surface area (Å²) in [5, 5.41) is 0. The van der Waals surface area contributed by atoms with Crippen LogP contribution in [0.15, 0.2) is 48.8 Å². The number of aromatic nitrogens is 1. The smallest absolute Gasteiger partial charge is 0.0366 e. The van der Waals surface area contributed by atoms with Gasteiger partial charge < -0.3 is 9.80 Å². The fourth-order valence-electron chi connectivity index (χ4n) is 4.62. The highest BCUT2D eigenvalue weighted by atomic mass is 15.2. The Morgan fingerprint density at radius 1 is 0.964 bits per heavy atom. The Balaban J connectivity index is 1.28. The van der Waals surface area contributed by atoms with E-state index in [1.807, 2.05) is 18.5 Å². The van der Waals surface area contributed by atoms with Crippen molar-refractivity contribution in [3.63, 3.8) is 0 Å². The van der Waals surface area contributed by atoms with Crippen LogP contribution in [0.1, 0.15) is 63.0 Å². The molecular formula is C25H35N3. The lowest BCUT2D eigenvalue weighted by Crippen LogP contribution is -2.45. The number of anilines is 1. The number of piperidine rings is 1. The number of rotatable bonds is 6. The van der Waals surface area contributed by atoms with Gasteiger partial charge in [0.15, 0.2) is 0 Å². The summed E-state index contributed by atoms with van der Waals surface area (Å²) in [6.45, 7) is 13.0. The van der Waals surface area contributed by atoms with Crippen LogP contribution < -0.4 is 4.90 Å². The Morgan fingerprint density at radius 3 is 2.29 bits per heavy atom. The molecule has 1 aromatic carbocycles. The molecule has 2 fully saturated rings. The molecule has 3 nitrogen and oxygen atoms in total. The Hall–Kier alpha value is -1.87. The first-order valence-electron chi connectivity index (χ1n) is 11.0. The van der Waals surface area contributed by atoms with E-state index in [9.17, 15) is 0 Å². The molecule has 0 atom stereocenters. The van der Waals surface area contributed by atoms with Crippen LogP contribution >= 0.6 is 0 Å². The minimum Gasteiger partial charge on any atom is -0.370 e. The van der Waals surface area contributed by atoms with E-state index in [0.717, 1.165) is 19.0 Å². The highest BCUT2D eigenvalue weighted by molar-refractivity contribution is 5.52. The molecule has 0 aliphatic carbocycles. The van der Waals surface area contributed by atoms with Crippen molar-refractivity contribution in [1.29, 1.82) is 0 Å². The second kappa shape index (κ2) is 8.24. The molecule has 0 N–H and O–H groups in total. The third-order valence-corrected chi connectivity index (χ3v) is 6.96. The van der Waals surface area contributed by atoms with Crippen LogP contribution in [-0.4, -0.2) is 42.6 Å². The van der Waals surface area contributed by atoms with E-state index >= 15 is 0 Å². The summed E-state index contributed by atoms with van der Waals surface area (Å²) >= 11 is 0. The molecule has 2 aliphatic rings. The standard InChI is InChI=1S/C25H35N3/c1-4-25(2,3)19-27-14-11-21(12-15-27)20-7-9-24(10-8-20)28-17-23(18-28)22-6-5-13-26-16-22/h5-10,13,16,21,23H,4,11-12,14-15,17-19H2,1-3H3. The maximum Gasteiger partial charge on any atom is 0.0366 e. The third kappa shape index (κ3) is 4.41. The second-order valence-electron chi connectivity index (χ2n) is 9.55. The van der Waals surface area contributed by atoms with Crippen LogP contribution in [0.3, 0.4) is 0 Å². The highest BCUT2D eigenvalue weighted by Crippen LogP contribution is 2.34. The summed E-state index contributed by atoms with van der Waals surface area (Å²) in [7, 11) is 0. The maximum atomic E-state index is 4.26. The van der Waals surface area contributed by atoms with Gasteiger partial charge in [0.2, 0.25) is 0 Å². The van der Waals surface area contributed by atoms with Crippen molar-refractivity contribution >= 4 is 5.69 Å². The Kier molecular flexibility index (Phi) is 5.73. The molecule has 4 rings (SSSR count). The van der Waals surface area contributed by atoms with Crippen molar-refractivity contribution in [3.8, 4) is 0 Å². The van der Waals surface area contributed by atoms with Crippen molar-refractivity contribution in [2.24, 2.45) is 5.41 Å². The van der Waals surface area contributed by atoms with Crippen molar-refractivity contribution in [2.45, 2.75) is 51.9 Å². The van der Waals surface area contributed by atoms with Gasteiger partial charge in [0.25, 0.3) is 0 Å². The highest BCUT2D eigenvalue weighted by Gasteiger charge is 2.29. The van der Waals surface area contributed by atoms with Gasteiger partial charge in [0, 0.05) is 43.6 Å². The monoisotopic (exact) mass is 377 g/mol. The number of hydrogen-bond acceptors (Lipinski definition) is 3. The molecule has 0 amide bonds. The summed E-state index contributed by atoms with van der Waals surface area (Å²) in [6, 6.07) is 13.7. The summed E-state index contributed by atoms with van der Waals surface area (Å²) < 4.78 is 0. The Labute approximate surface area is 170 Å². The summed E-state index contributed by atoms with van der Waals surface area (Å²) in [4.78, 5) is 9.41. The average molecular weight is 378 g/mol. The normalized spacial score (nSPS) is 19.6. The van der Waals surface area contributed by atoms with Crippen LogP contribution in [0.4, 0.5) is 5.69 Å². The minimum absolute atomic E-state index is 0.444. The van der Waals surface area contributed by atoms with Crippen LogP contribution in [0.5, 0.6) is 0 Å². The average Bonchev–Trinajstić information content (AvgIpc) is 2.69. The first-order valence-corrected chi connectivity index (χ1v) is 11.0. The maximum absolute atomic E-state index is 4.26. The quantitative estimate of drug-likeness (QED) is 0.681. The van der Waals surface area contributed by atoms with Gasteiger partial charge in [-0.15, -0.1) is 0 Å². The molecule has 1 aromatic heterocycles. The summed E-state index contributed by atoms with van der Waals surface area (Å²) in [5.41, 5.74) is 4.71. The first-order chi connectivity index (χ1) is 13.5. The Bertz CT molecular complexity index is 739. The fourth-order valence-corrected chi connectivity index (χ4v) is 4.62. The van der Waals surface area contributed by atoms with E-state index in [0.29, 0.717) is 11.3 Å². The van der Waals surface area contributed by atoms with Crippen molar-refractivity contribution < 1.29 is 0 Å². The van der Waals surface area contributed by atoms with Gasteiger partial charge in [0.05, 0.1) is 0 Å². The summed E-state index contributed by atoms with van der Waals surface area (Å²) in [5.74, 6) is 1.36. The summed E-state index contributed by atoms with van der Waals surface area (Å²) in [6.07, 6.45) is 7.72. The van der Waals surface area contributed by atoms with E-state index in [-0.39, 0.29) is 0 Å². The van der Waals surface area contributed by atoms with Gasteiger partial charge in [-0.2, -0.15) is 0 Å². The molecule has 3 heterocycles. The molecule has 2 aromatic rings. The van der Waals surface area contributed by atoms with Crippen molar-refractivity contribution in [3.05, 3.63) is 59.9 Å². The van der Waals surface area contributed by atoms with Crippen molar-refractivity contribution in [1.82, 2.24) is 9.88 Å². The second-order valence-corrected chi connectivity index (χ2v) is 9.55. The molecular weight excluding hydrogens is 342 g/mol. The van der Waals surface area contributed by atoms with Crippen LogP contribution in [-0.2, 0) is 0 Å². The van der Waals surface area contributed by atoms with Gasteiger partial charge in [-0.05, 0) is 73.0 Å². The Morgan fingerprint density at radius 2 is 1.68 bits per heavy atom. The topological polar surface area (TPSA) is 19.4 Å². The molecule has 0 unspecified atom stereocenters. The van der Waals surface area contributed by atoms with Gasteiger partial charge in [-0.3, -0.25) is 4.98 Å². The molecule has 2 saturated heterocycles. The zero-order chi connectivity index (χ0) is 19.6. The van der Waals surface area contributed by atoms with Gasteiger partial charge in [0.1, 0.15) is 0 Å². The predicted octanol–water partition coefficient (Wildman–Crippen LogP) is 5.30. The van der Waals surface area contributed by atoms with E-state index in [1.165, 1.54) is 55.7 Å². The predicted molar refractivity (Wildman–Crippen MR) is 118 cm³/mol. The zero-order valence-corrected chi connectivity index (χ0v) is 17.8. The largest absolute Gasteiger partial charge is 0.370 e. The lowest BCUT2D eigenvalue weighted by molar-refractivity contribution is 0.141. The molecule has 0 saturated carbocycles. The van der Waals surface area contributed by atoms with Crippen molar-refractivity contribution in [2.75, 3.05) is 37.6 Å². The van der Waals surface area contributed by atoms with E-state index < -0.39 is 0 Å². The molecule has 0 spiro atoms. The van der Waals surface area contributed by atoms with Crippen LogP contribution in [0.25, 0.3) is 0 Å². The first kappa shape index (κ1) is 19.4. The lowest BCUT2D eigenvalue weighted by Gasteiger charge is -2.41. The number of benzene rings is 1. The molecule has 3 heteroatoms. The van der Waals surface area contributed by atoms with Gasteiger partial charge >= 0.3 is 0 Å². The van der Waals surface area contributed by atoms with E-state index in [1.54, 1.807) is 0 Å². The number of pyridine rings is 1. The minimum atomic E-state index is 0.444. The zero-order valence-electron chi connectivity index (χ0n) is 17.8. The van der Waals surface area contributed by atoms with Gasteiger partial charge in [-0.1, -0.05) is 39.0 Å². The lowest BCUT2D eigenvalue weighted by atomic mass is 9.86. The fraction of sp³-hybridized carbons (Fsp3) is 0.560. The van der Waals surface area contributed by atoms with E-state index in [4.69, 9.17) is 0 Å². The number of likely N-dealkylation sites (tertiary alicyclic amines) is 1. The number of hydrogen-bond donors (Lipinski definition) is 0. The number of nitrogens with zero attached hydrogens (tertiary/aromatic N) is 3. The van der Waals surface area contributed by atoms with E-state index in [2.05, 4.69) is 65.9 Å². The van der Waals surface area contributed by atoms with Gasteiger partial charge in [-0.25, -0.2) is 0 Å². The SMILES string of the molecule is CCC(C)(C)CN1CCC(c2ccc(N3CC(c4cccnc4)C3)cc2)CC1. The van der Waals surface area contributed by atoms with Crippen LogP contribution in [0.2, 0.25) is 0 Å². The van der Waals surface area contributed by atoms with Crippen LogP contribution in [0, 0.1) is 5.41 Å². The third-order valence-electron chi connectivity index (χ3n) is 6.96.